The summed E-state index contributed by atoms with van der Waals surface area (Å²) in [6.45, 7) is 6.68. The minimum absolute atomic E-state index is 0.196. The Morgan fingerprint density at radius 1 is 1.29 bits per heavy atom. The number of hydrogen-bond donors (Lipinski definition) is 2. The molecule has 3 nitrogen and oxygen atoms in total. The molecule has 1 saturated heterocycles. The second-order valence-electron chi connectivity index (χ2n) is 7.12. The van der Waals surface area contributed by atoms with Gasteiger partial charge in [0.2, 0.25) is 5.91 Å². The summed E-state index contributed by atoms with van der Waals surface area (Å²) in [7, 11) is 0. The third kappa shape index (κ3) is 3.70. The maximum absolute atomic E-state index is 12.9. The van der Waals surface area contributed by atoms with Gasteiger partial charge in [0.15, 0.2) is 0 Å². The van der Waals surface area contributed by atoms with Gasteiger partial charge in [-0.05, 0) is 47.9 Å². The van der Waals surface area contributed by atoms with Gasteiger partial charge in [0.1, 0.15) is 0 Å². The van der Waals surface area contributed by atoms with Gasteiger partial charge >= 0.3 is 0 Å². The highest BCUT2D eigenvalue weighted by Crippen LogP contribution is 2.35. The fourth-order valence-electron chi connectivity index (χ4n) is 3.36. The van der Waals surface area contributed by atoms with Gasteiger partial charge in [0.25, 0.3) is 0 Å². The molecule has 1 aliphatic rings. The van der Waals surface area contributed by atoms with Gasteiger partial charge in [-0.1, -0.05) is 44.2 Å². The SMILES string of the molecule is CC(C)CNC(=O)[C@@]1(Cc2ccccc2-c2cccs2)CCNC1. The van der Waals surface area contributed by atoms with E-state index in [4.69, 9.17) is 0 Å². The lowest BCUT2D eigenvalue weighted by Crippen LogP contribution is -2.45. The molecule has 0 radical (unpaired) electrons. The first-order chi connectivity index (χ1) is 11.6. The van der Waals surface area contributed by atoms with Gasteiger partial charge < -0.3 is 10.6 Å². The van der Waals surface area contributed by atoms with Crippen LogP contribution < -0.4 is 10.6 Å². The van der Waals surface area contributed by atoms with E-state index in [2.05, 4.69) is 66.3 Å². The summed E-state index contributed by atoms with van der Waals surface area (Å²) < 4.78 is 0. The van der Waals surface area contributed by atoms with Crippen molar-refractivity contribution in [2.45, 2.75) is 26.7 Å². The molecule has 1 amide bonds. The average molecular weight is 343 g/mol. The fraction of sp³-hybridized carbons (Fsp3) is 0.450. The van der Waals surface area contributed by atoms with Crippen LogP contribution >= 0.6 is 11.3 Å². The summed E-state index contributed by atoms with van der Waals surface area (Å²) >= 11 is 1.75. The minimum atomic E-state index is -0.331. The van der Waals surface area contributed by atoms with Crippen molar-refractivity contribution < 1.29 is 4.79 Å². The number of thiophene rings is 1. The smallest absolute Gasteiger partial charge is 0.227 e. The molecular formula is C20H26N2OS. The zero-order valence-corrected chi connectivity index (χ0v) is 15.3. The maximum atomic E-state index is 12.9. The lowest BCUT2D eigenvalue weighted by atomic mass is 9.78. The molecule has 1 fully saturated rings. The Bertz CT molecular complexity index is 673. The molecule has 0 aliphatic carbocycles. The number of rotatable bonds is 6. The van der Waals surface area contributed by atoms with Crippen LogP contribution in [0.25, 0.3) is 10.4 Å². The molecule has 2 heterocycles. The monoisotopic (exact) mass is 342 g/mol. The highest BCUT2D eigenvalue weighted by atomic mass is 32.1. The number of benzene rings is 1. The maximum Gasteiger partial charge on any atom is 0.227 e. The van der Waals surface area contributed by atoms with Crippen LogP contribution in [0.5, 0.6) is 0 Å². The summed E-state index contributed by atoms with van der Waals surface area (Å²) in [4.78, 5) is 14.2. The van der Waals surface area contributed by atoms with Gasteiger partial charge in [0.05, 0.1) is 5.41 Å². The van der Waals surface area contributed by atoms with Crippen LogP contribution in [-0.4, -0.2) is 25.5 Å². The third-order valence-corrected chi connectivity index (χ3v) is 5.63. The molecule has 2 N–H and O–H groups in total. The van der Waals surface area contributed by atoms with Crippen LogP contribution in [-0.2, 0) is 11.2 Å². The highest BCUT2D eigenvalue weighted by Gasteiger charge is 2.41. The number of nitrogens with one attached hydrogen (secondary N) is 2. The summed E-state index contributed by atoms with van der Waals surface area (Å²) in [5, 5.41) is 8.67. The normalized spacial score (nSPS) is 20.5. The van der Waals surface area contributed by atoms with Crippen molar-refractivity contribution >= 4 is 17.2 Å². The summed E-state index contributed by atoms with van der Waals surface area (Å²) in [5.41, 5.74) is 2.20. The number of carbonyl (C=O) groups excluding carboxylic acids is 1. The standard InChI is InChI=1S/C20H26N2OS/c1-15(2)13-22-19(23)20(9-10-21-14-20)12-16-6-3-4-7-17(16)18-8-5-11-24-18/h3-8,11,15,21H,9-10,12-14H2,1-2H3,(H,22,23)/t20-/m1/s1. The van der Waals surface area contributed by atoms with Crippen LogP contribution in [0.4, 0.5) is 0 Å². The van der Waals surface area contributed by atoms with E-state index in [0.717, 1.165) is 32.5 Å². The molecule has 128 valence electrons. The van der Waals surface area contributed by atoms with Crippen LogP contribution in [0.2, 0.25) is 0 Å². The van der Waals surface area contributed by atoms with Gasteiger partial charge in [0, 0.05) is 18.0 Å². The molecule has 1 atom stereocenters. The Hall–Kier alpha value is -1.65. The van der Waals surface area contributed by atoms with E-state index in [1.54, 1.807) is 11.3 Å². The van der Waals surface area contributed by atoms with Gasteiger partial charge in [-0.2, -0.15) is 0 Å². The Kier molecular flexibility index (Phi) is 5.36. The third-order valence-electron chi connectivity index (χ3n) is 4.73. The van der Waals surface area contributed by atoms with Crippen LogP contribution in [0.3, 0.4) is 0 Å². The lowest BCUT2D eigenvalue weighted by molar-refractivity contribution is -0.130. The first-order valence-corrected chi connectivity index (χ1v) is 9.59. The van der Waals surface area contributed by atoms with Crippen molar-refractivity contribution in [1.29, 1.82) is 0 Å². The zero-order valence-electron chi connectivity index (χ0n) is 14.5. The van der Waals surface area contributed by atoms with Gasteiger partial charge in [-0.15, -0.1) is 11.3 Å². The van der Waals surface area contributed by atoms with Crippen molar-refractivity contribution in [2.24, 2.45) is 11.3 Å². The number of amides is 1. The molecule has 1 aromatic carbocycles. The van der Waals surface area contributed by atoms with Crippen molar-refractivity contribution in [2.75, 3.05) is 19.6 Å². The lowest BCUT2D eigenvalue weighted by Gasteiger charge is -2.28. The molecule has 0 bridgehead atoms. The largest absolute Gasteiger partial charge is 0.355 e. The summed E-state index contributed by atoms with van der Waals surface area (Å²) in [6.07, 6.45) is 1.69. The Morgan fingerprint density at radius 3 is 2.79 bits per heavy atom. The molecule has 0 saturated carbocycles. The topological polar surface area (TPSA) is 41.1 Å². The van der Waals surface area contributed by atoms with Crippen LogP contribution in [0.15, 0.2) is 41.8 Å². The second kappa shape index (κ2) is 7.49. The Morgan fingerprint density at radius 2 is 2.12 bits per heavy atom. The van der Waals surface area contributed by atoms with E-state index in [1.165, 1.54) is 16.0 Å². The predicted octanol–water partition coefficient (Wildman–Crippen LogP) is 3.71. The van der Waals surface area contributed by atoms with E-state index < -0.39 is 0 Å². The average Bonchev–Trinajstić information content (AvgIpc) is 3.25. The van der Waals surface area contributed by atoms with Gasteiger partial charge in [-0.25, -0.2) is 0 Å². The van der Waals surface area contributed by atoms with E-state index in [0.29, 0.717) is 5.92 Å². The number of carbonyl (C=O) groups is 1. The van der Waals surface area contributed by atoms with Crippen molar-refractivity contribution in [3.8, 4) is 10.4 Å². The van der Waals surface area contributed by atoms with Crippen LogP contribution in [0.1, 0.15) is 25.8 Å². The van der Waals surface area contributed by atoms with E-state index in [-0.39, 0.29) is 11.3 Å². The van der Waals surface area contributed by atoms with Crippen LogP contribution in [0, 0.1) is 11.3 Å². The predicted molar refractivity (Wildman–Crippen MR) is 101 cm³/mol. The van der Waals surface area contributed by atoms with E-state index in [9.17, 15) is 4.79 Å². The summed E-state index contributed by atoms with van der Waals surface area (Å²) in [6, 6.07) is 12.7. The molecule has 0 spiro atoms. The van der Waals surface area contributed by atoms with E-state index >= 15 is 0 Å². The second-order valence-corrected chi connectivity index (χ2v) is 8.07. The molecule has 4 heteroatoms. The first kappa shape index (κ1) is 17.2. The van der Waals surface area contributed by atoms with Crippen molar-refractivity contribution in [3.63, 3.8) is 0 Å². The van der Waals surface area contributed by atoms with Gasteiger partial charge in [-0.3, -0.25) is 4.79 Å². The van der Waals surface area contributed by atoms with Crippen molar-refractivity contribution in [1.82, 2.24) is 10.6 Å². The first-order valence-electron chi connectivity index (χ1n) is 8.71. The molecule has 1 aromatic heterocycles. The zero-order chi connectivity index (χ0) is 17.0. The molecular weight excluding hydrogens is 316 g/mol. The molecule has 3 rings (SSSR count). The number of hydrogen-bond acceptors (Lipinski definition) is 3. The molecule has 0 unspecified atom stereocenters. The quantitative estimate of drug-likeness (QED) is 0.840. The minimum Gasteiger partial charge on any atom is -0.355 e. The fourth-order valence-corrected chi connectivity index (χ4v) is 4.15. The summed E-state index contributed by atoms with van der Waals surface area (Å²) in [5.74, 6) is 0.668. The Labute approximate surface area is 148 Å². The molecule has 1 aliphatic heterocycles. The van der Waals surface area contributed by atoms with E-state index in [1.807, 2.05) is 0 Å². The molecule has 2 aromatic rings. The highest BCUT2D eigenvalue weighted by molar-refractivity contribution is 7.13. The van der Waals surface area contributed by atoms with Crippen molar-refractivity contribution in [3.05, 3.63) is 47.3 Å². The molecule has 24 heavy (non-hydrogen) atoms. The Balaban J connectivity index is 1.86.